The lowest BCUT2D eigenvalue weighted by Gasteiger charge is -2.31. The molecule has 1 aromatic heterocycles. The first kappa shape index (κ1) is 23.3. The Hall–Kier alpha value is -2.72. The molecule has 2 aliphatic rings. The first-order valence-electron chi connectivity index (χ1n) is 8.74. The van der Waals surface area contributed by atoms with Gasteiger partial charge in [0.2, 0.25) is 0 Å². The van der Waals surface area contributed by atoms with Gasteiger partial charge in [-0.1, -0.05) is 0 Å². The van der Waals surface area contributed by atoms with Gasteiger partial charge in [-0.2, -0.15) is 0 Å². The summed E-state index contributed by atoms with van der Waals surface area (Å²) < 4.78 is 5.77. The van der Waals surface area contributed by atoms with Gasteiger partial charge in [0, 0.05) is 45.8 Å². The maximum Gasteiger partial charge on any atom is 0.290 e. The van der Waals surface area contributed by atoms with E-state index in [1.165, 1.54) is 0 Å². The molecule has 156 valence electrons. The van der Waals surface area contributed by atoms with Gasteiger partial charge in [-0.15, -0.1) is 0 Å². The molecule has 0 spiro atoms. The summed E-state index contributed by atoms with van der Waals surface area (Å²) in [6.45, 7) is 3.78. The van der Waals surface area contributed by atoms with Crippen LogP contribution in [0.1, 0.15) is 10.4 Å². The molecule has 2 atom stereocenters. The number of hydrogen-bond donors (Lipinski definition) is 2. The summed E-state index contributed by atoms with van der Waals surface area (Å²) in [6, 6.07) is 4.04. The fourth-order valence-corrected chi connectivity index (χ4v) is 3.28. The molecule has 0 saturated carbocycles. The number of aromatic nitrogens is 1. The van der Waals surface area contributed by atoms with Crippen LogP contribution in [0.15, 0.2) is 18.3 Å². The highest BCUT2D eigenvalue weighted by Crippen LogP contribution is 2.25. The largest absolute Gasteiger partial charge is 0.483 e. The van der Waals surface area contributed by atoms with Crippen LogP contribution in [0, 0.1) is 5.92 Å². The molecule has 2 N–H and O–H groups in total. The van der Waals surface area contributed by atoms with E-state index in [4.69, 9.17) is 24.5 Å². The molecule has 10 nitrogen and oxygen atoms in total. The van der Waals surface area contributed by atoms with Crippen molar-refractivity contribution in [2.75, 3.05) is 58.9 Å². The number of carbonyl (C=O) groups excluding carboxylic acids is 1. The standard InChI is InChI=1S/C16H24N4O2.2CH2O2/c1-18(2)16(21)14-5-4-6-17-15(14)20-8-12-7-19(3)13(9-20)11-22-10-12;2*2-1-3/h4-6,12-13H,7-11H2,1-3H3;2*1H,(H,2,3)/t12-,13+;;/m1../s1. The highest BCUT2D eigenvalue weighted by Gasteiger charge is 2.33. The highest BCUT2D eigenvalue weighted by molar-refractivity contribution is 5.98. The Balaban J connectivity index is 0.000000582. The predicted octanol–water partition coefficient (Wildman–Crippen LogP) is -0.0482. The third-order valence-corrected chi connectivity index (χ3v) is 4.47. The lowest BCUT2D eigenvalue weighted by Crippen LogP contribution is -2.43. The van der Waals surface area contributed by atoms with Crippen LogP contribution in [0.5, 0.6) is 0 Å². The first-order valence-corrected chi connectivity index (χ1v) is 8.74. The van der Waals surface area contributed by atoms with Gasteiger partial charge >= 0.3 is 0 Å². The molecule has 2 fully saturated rings. The summed E-state index contributed by atoms with van der Waals surface area (Å²) >= 11 is 0. The molecule has 2 aliphatic heterocycles. The molecule has 3 rings (SSSR count). The normalized spacial score (nSPS) is 21.0. The number of rotatable bonds is 2. The summed E-state index contributed by atoms with van der Waals surface area (Å²) in [4.78, 5) is 39.9. The molecule has 1 aromatic rings. The number of fused-ring (bicyclic) bond motifs is 3. The van der Waals surface area contributed by atoms with Gasteiger partial charge in [-0.05, 0) is 19.2 Å². The van der Waals surface area contributed by atoms with E-state index < -0.39 is 0 Å². The molecule has 2 bridgehead atoms. The molecule has 0 aromatic carbocycles. The van der Waals surface area contributed by atoms with Crippen molar-refractivity contribution in [3.63, 3.8) is 0 Å². The van der Waals surface area contributed by atoms with Crippen molar-refractivity contribution >= 4 is 24.7 Å². The molecular formula is C18H28N4O6. The Morgan fingerprint density at radius 1 is 1.21 bits per heavy atom. The Bertz CT molecular complexity index is 636. The number of ether oxygens (including phenoxy) is 1. The Morgan fingerprint density at radius 2 is 1.86 bits per heavy atom. The predicted molar refractivity (Wildman–Crippen MR) is 103 cm³/mol. The lowest BCUT2D eigenvalue weighted by atomic mass is 10.1. The van der Waals surface area contributed by atoms with Crippen molar-refractivity contribution in [2.45, 2.75) is 6.04 Å². The third-order valence-electron chi connectivity index (χ3n) is 4.47. The van der Waals surface area contributed by atoms with Crippen molar-refractivity contribution in [1.82, 2.24) is 14.8 Å². The van der Waals surface area contributed by atoms with Crippen molar-refractivity contribution < 1.29 is 29.3 Å². The maximum absolute atomic E-state index is 12.4. The summed E-state index contributed by atoms with van der Waals surface area (Å²) in [7, 11) is 5.70. The number of carboxylic acid groups (broad SMARTS) is 2. The van der Waals surface area contributed by atoms with Crippen LogP contribution in [-0.2, 0) is 14.3 Å². The van der Waals surface area contributed by atoms with E-state index in [-0.39, 0.29) is 18.9 Å². The minimum Gasteiger partial charge on any atom is -0.483 e. The highest BCUT2D eigenvalue weighted by atomic mass is 16.5. The molecule has 1 amide bonds. The van der Waals surface area contributed by atoms with E-state index in [0.29, 0.717) is 17.5 Å². The van der Waals surface area contributed by atoms with Crippen LogP contribution < -0.4 is 4.90 Å². The zero-order valence-corrected chi connectivity index (χ0v) is 16.4. The van der Waals surface area contributed by atoms with Gasteiger partial charge in [0.05, 0.1) is 24.8 Å². The fourth-order valence-electron chi connectivity index (χ4n) is 3.28. The van der Waals surface area contributed by atoms with Crippen molar-refractivity contribution in [2.24, 2.45) is 5.92 Å². The van der Waals surface area contributed by atoms with Crippen LogP contribution in [0.2, 0.25) is 0 Å². The Morgan fingerprint density at radius 3 is 2.46 bits per heavy atom. The van der Waals surface area contributed by atoms with E-state index in [2.05, 4.69) is 21.8 Å². The monoisotopic (exact) mass is 396 g/mol. The minimum atomic E-state index is -0.250. The second-order valence-electron chi connectivity index (χ2n) is 6.69. The molecule has 0 unspecified atom stereocenters. The second-order valence-corrected chi connectivity index (χ2v) is 6.69. The van der Waals surface area contributed by atoms with E-state index in [9.17, 15) is 4.79 Å². The summed E-state index contributed by atoms with van der Waals surface area (Å²) in [5, 5.41) is 13.8. The van der Waals surface area contributed by atoms with Crippen molar-refractivity contribution in [3.8, 4) is 0 Å². The average Bonchev–Trinajstić information content (AvgIpc) is 2.91. The van der Waals surface area contributed by atoms with Crippen LogP contribution in [0.25, 0.3) is 0 Å². The van der Waals surface area contributed by atoms with Crippen molar-refractivity contribution in [3.05, 3.63) is 23.9 Å². The molecule has 0 aliphatic carbocycles. The maximum atomic E-state index is 12.4. The van der Waals surface area contributed by atoms with Crippen molar-refractivity contribution in [1.29, 1.82) is 0 Å². The molecule has 3 heterocycles. The number of likely N-dealkylation sites (N-methyl/N-ethyl adjacent to an activating group) is 1. The van der Waals surface area contributed by atoms with Gasteiger partial charge < -0.3 is 24.7 Å². The van der Waals surface area contributed by atoms with E-state index in [1.54, 1.807) is 25.2 Å². The summed E-state index contributed by atoms with van der Waals surface area (Å²) in [5.41, 5.74) is 0.677. The molecule has 2 saturated heterocycles. The third kappa shape index (κ3) is 6.46. The smallest absolute Gasteiger partial charge is 0.290 e. The van der Waals surface area contributed by atoms with Crippen LogP contribution >= 0.6 is 0 Å². The van der Waals surface area contributed by atoms with Gasteiger partial charge in [0.25, 0.3) is 18.9 Å². The number of hydrogen-bond acceptors (Lipinski definition) is 7. The van der Waals surface area contributed by atoms with Gasteiger partial charge in [0.1, 0.15) is 5.82 Å². The number of carbonyl (C=O) groups is 3. The summed E-state index contributed by atoms with van der Waals surface area (Å²) in [5.74, 6) is 1.25. The molecule has 0 radical (unpaired) electrons. The number of amides is 1. The van der Waals surface area contributed by atoms with Crippen LogP contribution in [0.4, 0.5) is 5.82 Å². The number of anilines is 1. The van der Waals surface area contributed by atoms with Gasteiger partial charge in [-0.3, -0.25) is 19.3 Å². The number of nitrogens with zero attached hydrogens (tertiary/aromatic N) is 4. The number of pyridine rings is 1. The summed E-state index contributed by atoms with van der Waals surface area (Å²) in [6.07, 6.45) is 1.77. The van der Waals surface area contributed by atoms with Crippen LogP contribution in [-0.4, -0.2) is 104 Å². The molecule has 10 heteroatoms. The topological polar surface area (TPSA) is 124 Å². The molecule has 28 heavy (non-hydrogen) atoms. The SMILES string of the molecule is CN(C)C(=O)c1cccnc1N1C[C@@H]2COC[C@H](C1)N(C)C2.O=CO.O=CO. The first-order chi connectivity index (χ1) is 13.4. The Labute approximate surface area is 164 Å². The van der Waals surface area contributed by atoms with E-state index in [1.807, 2.05) is 12.1 Å². The Kier molecular flexibility index (Phi) is 9.89. The van der Waals surface area contributed by atoms with Crippen LogP contribution in [0.3, 0.4) is 0 Å². The van der Waals surface area contributed by atoms with Gasteiger partial charge in [-0.25, -0.2) is 4.98 Å². The van der Waals surface area contributed by atoms with E-state index in [0.717, 1.165) is 38.7 Å². The minimum absolute atomic E-state index is 0.00195. The lowest BCUT2D eigenvalue weighted by molar-refractivity contribution is -0.123. The zero-order valence-electron chi connectivity index (χ0n) is 16.4. The fraction of sp³-hybridized carbons (Fsp3) is 0.556. The average molecular weight is 396 g/mol. The van der Waals surface area contributed by atoms with E-state index >= 15 is 0 Å². The zero-order chi connectivity index (χ0) is 21.1. The molecular weight excluding hydrogens is 368 g/mol. The quantitative estimate of drug-likeness (QED) is 0.662. The second kappa shape index (κ2) is 11.9. The van der Waals surface area contributed by atoms with Gasteiger partial charge in [0.15, 0.2) is 0 Å².